The van der Waals surface area contributed by atoms with E-state index in [9.17, 15) is 14.4 Å². The summed E-state index contributed by atoms with van der Waals surface area (Å²) in [6.45, 7) is 8.09. The molecular weight excluding hydrogens is 444 g/mol. The number of para-hydroxylation sites is 2. The van der Waals surface area contributed by atoms with Gasteiger partial charge < -0.3 is 10.3 Å². The molecule has 3 heterocycles. The van der Waals surface area contributed by atoms with Crippen LogP contribution in [0.25, 0.3) is 10.2 Å². The van der Waals surface area contributed by atoms with E-state index in [0.29, 0.717) is 32.7 Å². The van der Waals surface area contributed by atoms with Gasteiger partial charge in [0.1, 0.15) is 11.4 Å². The maximum Gasteiger partial charge on any atom is 0.260 e. The van der Waals surface area contributed by atoms with Crippen molar-refractivity contribution in [3.05, 3.63) is 45.1 Å². The molecule has 0 saturated carbocycles. The Hall–Kier alpha value is -2.65. The standard InChI is InChI=1S/C23H26N4O3S2/c1-5-12(2)10-15-13(3)31-21-19(15)20(29)25-23(26-21)32-14(4)22(30)27-11-18(28)24-16-8-6-7-9-17(16)27/h6-9,12,14H,5,10-11H2,1-4H3,(H,24,28)(H,25,26,29). The minimum atomic E-state index is -0.532. The average Bonchev–Trinajstić information content (AvgIpc) is 3.07. The van der Waals surface area contributed by atoms with E-state index in [-0.39, 0.29) is 23.9 Å². The number of anilines is 2. The number of thioether (sulfide) groups is 1. The molecule has 0 aliphatic carbocycles. The summed E-state index contributed by atoms with van der Waals surface area (Å²) >= 11 is 2.72. The van der Waals surface area contributed by atoms with Crippen LogP contribution in [0.1, 0.15) is 37.6 Å². The third kappa shape index (κ3) is 4.31. The number of hydrogen-bond donors (Lipinski definition) is 2. The first-order chi connectivity index (χ1) is 15.3. The molecular formula is C23H26N4O3S2. The van der Waals surface area contributed by atoms with Crippen molar-refractivity contribution in [1.82, 2.24) is 9.97 Å². The molecule has 0 bridgehead atoms. The summed E-state index contributed by atoms with van der Waals surface area (Å²) in [5, 5.41) is 3.33. The minimum Gasteiger partial charge on any atom is -0.323 e. The van der Waals surface area contributed by atoms with E-state index in [4.69, 9.17) is 0 Å². The Balaban J connectivity index is 1.59. The van der Waals surface area contributed by atoms with Gasteiger partial charge >= 0.3 is 0 Å². The van der Waals surface area contributed by atoms with Gasteiger partial charge in [0.25, 0.3) is 5.56 Å². The van der Waals surface area contributed by atoms with Gasteiger partial charge in [0.05, 0.1) is 22.0 Å². The van der Waals surface area contributed by atoms with Crippen LogP contribution in [0.3, 0.4) is 0 Å². The number of nitrogens with zero attached hydrogens (tertiary/aromatic N) is 2. The van der Waals surface area contributed by atoms with Gasteiger partial charge in [-0.3, -0.25) is 19.3 Å². The summed E-state index contributed by atoms with van der Waals surface area (Å²) in [5.41, 5.74) is 2.20. The number of fused-ring (bicyclic) bond motifs is 2. The highest BCUT2D eigenvalue weighted by Crippen LogP contribution is 2.33. The fourth-order valence-corrected chi connectivity index (χ4v) is 5.79. The van der Waals surface area contributed by atoms with Gasteiger partial charge in [-0.1, -0.05) is 44.2 Å². The van der Waals surface area contributed by atoms with Crippen LogP contribution >= 0.6 is 23.1 Å². The number of thiophene rings is 1. The lowest BCUT2D eigenvalue weighted by molar-refractivity contribution is -0.121. The third-order valence-corrected chi connectivity index (χ3v) is 7.78. The molecule has 0 spiro atoms. The molecule has 1 aromatic carbocycles. The maximum absolute atomic E-state index is 13.2. The average molecular weight is 471 g/mol. The monoisotopic (exact) mass is 470 g/mol. The topological polar surface area (TPSA) is 95.2 Å². The van der Waals surface area contributed by atoms with E-state index >= 15 is 0 Å². The summed E-state index contributed by atoms with van der Waals surface area (Å²) in [5.74, 6) is 0.0483. The number of hydrogen-bond acceptors (Lipinski definition) is 6. The van der Waals surface area contributed by atoms with E-state index in [1.165, 1.54) is 28.0 Å². The lowest BCUT2D eigenvalue weighted by Gasteiger charge is -2.30. The number of carbonyl (C=O) groups excluding carboxylic acids is 2. The zero-order chi connectivity index (χ0) is 23.0. The number of aryl methyl sites for hydroxylation is 1. The number of carbonyl (C=O) groups is 2. The number of amides is 2. The first kappa shape index (κ1) is 22.5. The number of rotatable bonds is 6. The van der Waals surface area contributed by atoms with Crippen molar-refractivity contribution in [2.75, 3.05) is 16.8 Å². The molecule has 3 aromatic rings. The molecule has 168 valence electrons. The Kier molecular flexibility index (Phi) is 6.39. The van der Waals surface area contributed by atoms with Crippen molar-refractivity contribution in [1.29, 1.82) is 0 Å². The van der Waals surface area contributed by atoms with E-state index < -0.39 is 5.25 Å². The van der Waals surface area contributed by atoms with E-state index in [0.717, 1.165) is 23.3 Å². The Bertz CT molecular complexity index is 1250. The molecule has 0 radical (unpaired) electrons. The van der Waals surface area contributed by atoms with Gasteiger partial charge in [-0.15, -0.1) is 11.3 Å². The Morgan fingerprint density at radius 3 is 2.78 bits per heavy atom. The van der Waals surface area contributed by atoms with Crippen LogP contribution in [0.5, 0.6) is 0 Å². The number of aromatic amines is 1. The molecule has 2 atom stereocenters. The summed E-state index contributed by atoms with van der Waals surface area (Å²) < 4.78 is 0. The largest absolute Gasteiger partial charge is 0.323 e. The molecule has 1 aliphatic rings. The highest BCUT2D eigenvalue weighted by atomic mass is 32.2. The van der Waals surface area contributed by atoms with Crippen LogP contribution in [0.15, 0.2) is 34.2 Å². The van der Waals surface area contributed by atoms with Crippen LogP contribution in [0.4, 0.5) is 11.4 Å². The summed E-state index contributed by atoms with van der Waals surface area (Å²) in [4.78, 5) is 49.0. The van der Waals surface area contributed by atoms with Crippen LogP contribution in [-0.4, -0.2) is 33.6 Å². The quantitative estimate of drug-likeness (QED) is 0.413. The summed E-state index contributed by atoms with van der Waals surface area (Å²) in [7, 11) is 0. The fraction of sp³-hybridized carbons (Fsp3) is 0.391. The lowest BCUT2D eigenvalue weighted by atomic mass is 9.98. The van der Waals surface area contributed by atoms with Gasteiger partial charge in [-0.2, -0.15) is 0 Å². The molecule has 9 heteroatoms. The lowest BCUT2D eigenvalue weighted by Crippen LogP contribution is -2.45. The number of nitrogens with one attached hydrogen (secondary N) is 2. The second-order valence-corrected chi connectivity index (χ2v) is 10.7. The molecule has 0 fully saturated rings. The SMILES string of the molecule is CCC(C)Cc1c(C)sc2nc(SC(C)C(=O)N3CC(=O)Nc4ccccc43)[nH]c(=O)c12. The number of benzene rings is 1. The molecule has 0 saturated heterocycles. The van der Waals surface area contributed by atoms with Crippen LogP contribution in [0.2, 0.25) is 0 Å². The second kappa shape index (κ2) is 9.07. The van der Waals surface area contributed by atoms with Crippen LogP contribution < -0.4 is 15.8 Å². The van der Waals surface area contributed by atoms with Gasteiger partial charge in [-0.05, 0) is 43.9 Å². The molecule has 4 rings (SSSR count). The van der Waals surface area contributed by atoms with Crippen LogP contribution in [0, 0.1) is 12.8 Å². The summed E-state index contributed by atoms with van der Waals surface area (Å²) in [6, 6.07) is 7.22. The zero-order valence-electron chi connectivity index (χ0n) is 18.5. The van der Waals surface area contributed by atoms with Crippen molar-refractivity contribution in [3.8, 4) is 0 Å². The molecule has 2 amide bonds. The maximum atomic E-state index is 13.2. The highest BCUT2D eigenvalue weighted by Gasteiger charge is 2.30. The zero-order valence-corrected chi connectivity index (χ0v) is 20.2. The normalized spacial score (nSPS) is 15.4. The molecule has 1 aliphatic heterocycles. The third-order valence-electron chi connectivity index (χ3n) is 5.76. The first-order valence-corrected chi connectivity index (χ1v) is 12.4. The molecule has 7 nitrogen and oxygen atoms in total. The highest BCUT2D eigenvalue weighted by molar-refractivity contribution is 8.00. The van der Waals surface area contributed by atoms with Crippen molar-refractivity contribution >= 4 is 56.5 Å². The van der Waals surface area contributed by atoms with Gasteiger partial charge in [-0.25, -0.2) is 4.98 Å². The molecule has 2 N–H and O–H groups in total. The van der Waals surface area contributed by atoms with Crippen molar-refractivity contribution in [3.63, 3.8) is 0 Å². The number of aromatic nitrogens is 2. The van der Waals surface area contributed by atoms with E-state index in [1.54, 1.807) is 13.0 Å². The van der Waals surface area contributed by atoms with Gasteiger partial charge in [0, 0.05) is 4.88 Å². The first-order valence-electron chi connectivity index (χ1n) is 10.7. The smallest absolute Gasteiger partial charge is 0.260 e. The Morgan fingerprint density at radius 2 is 2.03 bits per heavy atom. The molecule has 32 heavy (non-hydrogen) atoms. The van der Waals surface area contributed by atoms with Crippen molar-refractivity contribution in [2.45, 2.75) is 50.9 Å². The predicted octanol–water partition coefficient (Wildman–Crippen LogP) is 4.35. The van der Waals surface area contributed by atoms with Gasteiger partial charge in [0.2, 0.25) is 11.8 Å². The minimum absolute atomic E-state index is 0.0349. The van der Waals surface area contributed by atoms with E-state index in [1.807, 2.05) is 25.1 Å². The van der Waals surface area contributed by atoms with E-state index in [2.05, 4.69) is 29.1 Å². The summed E-state index contributed by atoms with van der Waals surface area (Å²) in [6.07, 6.45) is 1.90. The second-order valence-electron chi connectivity index (χ2n) is 8.16. The predicted molar refractivity (Wildman–Crippen MR) is 131 cm³/mol. The van der Waals surface area contributed by atoms with Crippen LogP contribution in [-0.2, 0) is 16.0 Å². The van der Waals surface area contributed by atoms with Crippen molar-refractivity contribution in [2.24, 2.45) is 5.92 Å². The Morgan fingerprint density at radius 1 is 1.28 bits per heavy atom. The molecule has 2 aromatic heterocycles. The van der Waals surface area contributed by atoms with Crippen molar-refractivity contribution < 1.29 is 9.59 Å². The van der Waals surface area contributed by atoms with Gasteiger partial charge in [0.15, 0.2) is 5.16 Å². The fourth-order valence-electron chi connectivity index (χ4n) is 3.82. The number of H-pyrrole nitrogens is 1. The Labute approximate surface area is 194 Å². The molecule has 2 unspecified atom stereocenters.